The Kier molecular flexibility index (Phi) is 2.97. The molecule has 3 nitrogen and oxygen atoms in total. The van der Waals surface area contributed by atoms with Crippen molar-refractivity contribution in [3.63, 3.8) is 0 Å². The van der Waals surface area contributed by atoms with Crippen LogP contribution in [0.5, 0.6) is 0 Å². The average molecular weight is 289 g/mol. The average Bonchev–Trinajstić information content (AvgIpc) is 2.82. The maximum absolute atomic E-state index is 5.85. The van der Waals surface area contributed by atoms with Gasteiger partial charge in [-0.3, -0.25) is 0 Å². The molecule has 2 aromatic carbocycles. The summed E-state index contributed by atoms with van der Waals surface area (Å²) in [5.41, 5.74) is 8.68. The molecule has 0 aliphatic heterocycles. The summed E-state index contributed by atoms with van der Waals surface area (Å²) < 4.78 is 5.69. The minimum atomic E-state index is 0.345. The molecule has 3 rings (SSSR count). The zero-order valence-corrected chi connectivity index (χ0v) is 11.3. The lowest BCUT2D eigenvalue weighted by Crippen LogP contribution is -2.08. The Bertz CT molecular complexity index is 765. The van der Waals surface area contributed by atoms with Gasteiger partial charge in [-0.2, -0.15) is 0 Å². The summed E-state index contributed by atoms with van der Waals surface area (Å²) >= 11 is 10.8. The molecule has 0 unspecified atom stereocenters. The highest BCUT2D eigenvalue weighted by Crippen LogP contribution is 2.25. The number of hydrogen-bond acceptors (Lipinski definition) is 3. The number of hydrogen-bond donors (Lipinski definition) is 1. The van der Waals surface area contributed by atoms with E-state index >= 15 is 0 Å². The predicted molar refractivity (Wildman–Crippen MR) is 80.3 cm³/mol. The quantitative estimate of drug-likeness (QED) is 0.729. The highest BCUT2D eigenvalue weighted by atomic mass is 35.5. The molecule has 0 atom stereocenters. The SMILES string of the molecule is NC(=S)c1ccc2oc(-c3ccc(Cl)cc3)nc2c1. The number of halogens is 1. The largest absolute Gasteiger partial charge is 0.436 e. The van der Waals surface area contributed by atoms with Gasteiger partial charge in [0.15, 0.2) is 5.58 Å². The van der Waals surface area contributed by atoms with Crippen molar-refractivity contribution in [1.29, 1.82) is 0 Å². The van der Waals surface area contributed by atoms with Crippen molar-refractivity contribution in [2.75, 3.05) is 0 Å². The molecule has 0 amide bonds. The van der Waals surface area contributed by atoms with E-state index < -0.39 is 0 Å². The van der Waals surface area contributed by atoms with E-state index in [0.717, 1.165) is 16.6 Å². The van der Waals surface area contributed by atoms with Gasteiger partial charge < -0.3 is 10.2 Å². The fourth-order valence-corrected chi connectivity index (χ4v) is 2.05. The van der Waals surface area contributed by atoms with Crippen molar-refractivity contribution < 1.29 is 4.42 Å². The summed E-state index contributed by atoms with van der Waals surface area (Å²) in [5, 5.41) is 0.677. The zero-order chi connectivity index (χ0) is 13.4. The Morgan fingerprint density at radius 3 is 2.58 bits per heavy atom. The summed E-state index contributed by atoms with van der Waals surface area (Å²) in [6.07, 6.45) is 0. The van der Waals surface area contributed by atoms with Gasteiger partial charge in [-0.25, -0.2) is 4.98 Å². The fraction of sp³-hybridized carbons (Fsp3) is 0. The smallest absolute Gasteiger partial charge is 0.227 e. The minimum Gasteiger partial charge on any atom is -0.436 e. The molecule has 0 spiro atoms. The third-order valence-electron chi connectivity index (χ3n) is 2.76. The normalized spacial score (nSPS) is 10.8. The Morgan fingerprint density at radius 2 is 1.89 bits per heavy atom. The minimum absolute atomic E-state index is 0.345. The molecular formula is C14H9ClN2OS. The molecule has 0 saturated carbocycles. The number of thiocarbonyl (C=S) groups is 1. The number of aromatic nitrogens is 1. The lowest BCUT2D eigenvalue weighted by atomic mass is 10.2. The second-order valence-corrected chi connectivity index (χ2v) is 4.95. The standard InChI is InChI=1S/C14H9ClN2OS/c15-10-4-1-8(2-5-10)14-17-11-7-9(13(16)19)3-6-12(11)18-14/h1-7H,(H2,16,19). The molecule has 5 heteroatoms. The molecule has 0 bridgehead atoms. The van der Waals surface area contributed by atoms with Crippen molar-refractivity contribution in [3.05, 3.63) is 53.1 Å². The monoisotopic (exact) mass is 288 g/mol. The maximum atomic E-state index is 5.85. The lowest BCUT2D eigenvalue weighted by Gasteiger charge is -1.94. The molecule has 0 radical (unpaired) electrons. The van der Waals surface area contributed by atoms with Gasteiger partial charge in [0.05, 0.1) is 0 Å². The summed E-state index contributed by atoms with van der Waals surface area (Å²) in [5.74, 6) is 0.548. The summed E-state index contributed by atoms with van der Waals surface area (Å²) in [4.78, 5) is 4.78. The molecule has 94 valence electrons. The van der Waals surface area contributed by atoms with Crippen LogP contribution in [0.25, 0.3) is 22.6 Å². The Hall–Kier alpha value is -1.91. The van der Waals surface area contributed by atoms with Gasteiger partial charge in [0.1, 0.15) is 10.5 Å². The van der Waals surface area contributed by atoms with Crippen molar-refractivity contribution in [1.82, 2.24) is 4.98 Å². The molecule has 3 aromatic rings. The first kappa shape index (κ1) is 12.1. The number of nitrogens with zero attached hydrogens (tertiary/aromatic N) is 1. The Morgan fingerprint density at radius 1 is 1.16 bits per heavy atom. The van der Waals surface area contributed by atoms with E-state index in [1.165, 1.54) is 0 Å². The van der Waals surface area contributed by atoms with Gasteiger partial charge in [-0.05, 0) is 42.5 Å². The summed E-state index contributed by atoms with van der Waals surface area (Å²) in [6.45, 7) is 0. The van der Waals surface area contributed by atoms with Gasteiger partial charge in [-0.1, -0.05) is 23.8 Å². The van der Waals surface area contributed by atoms with Crippen LogP contribution in [0.15, 0.2) is 46.9 Å². The lowest BCUT2D eigenvalue weighted by molar-refractivity contribution is 0.620. The highest BCUT2D eigenvalue weighted by Gasteiger charge is 2.09. The summed E-state index contributed by atoms with van der Waals surface area (Å²) in [7, 11) is 0. The van der Waals surface area contributed by atoms with Crippen LogP contribution >= 0.6 is 23.8 Å². The number of fused-ring (bicyclic) bond motifs is 1. The van der Waals surface area contributed by atoms with Crippen LogP contribution < -0.4 is 5.73 Å². The van der Waals surface area contributed by atoms with E-state index in [1.54, 1.807) is 12.1 Å². The molecule has 0 saturated heterocycles. The molecule has 1 heterocycles. The van der Waals surface area contributed by atoms with Crippen LogP contribution in [0.1, 0.15) is 5.56 Å². The van der Waals surface area contributed by atoms with Crippen LogP contribution in [0.3, 0.4) is 0 Å². The third kappa shape index (κ3) is 2.32. The van der Waals surface area contributed by atoms with Crippen molar-refractivity contribution >= 4 is 39.9 Å². The molecular weight excluding hydrogens is 280 g/mol. The van der Waals surface area contributed by atoms with Crippen molar-refractivity contribution in [2.24, 2.45) is 5.73 Å². The van der Waals surface area contributed by atoms with Crippen molar-refractivity contribution in [3.8, 4) is 11.5 Å². The van der Waals surface area contributed by atoms with Gasteiger partial charge in [0.25, 0.3) is 0 Å². The Balaban J connectivity index is 2.11. The van der Waals surface area contributed by atoms with Crippen LogP contribution in [0.4, 0.5) is 0 Å². The van der Waals surface area contributed by atoms with Gasteiger partial charge in [0, 0.05) is 16.1 Å². The second-order valence-electron chi connectivity index (χ2n) is 4.07. The molecule has 0 aliphatic carbocycles. The maximum Gasteiger partial charge on any atom is 0.227 e. The second kappa shape index (κ2) is 4.64. The van der Waals surface area contributed by atoms with E-state index in [9.17, 15) is 0 Å². The number of benzene rings is 2. The van der Waals surface area contributed by atoms with Gasteiger partial charge in [-0.15, -0.1) is 0 Å². The first-order valence-corrected chi connectivity index (χ1v) is 6.38. The number of nitrogens with two attached hydrogens (primary N) is 1. The fourth-order valence-electron chi connectivity index (χ4n) is 1.80. The first-order chi connectivity index (χ1) is 9.13. The zero-order valence-electron chi connectivity index (χ0n) is 9.76. The summed E-state index contributed by atoms with van der Waals surface area (Å²) in [6, 6.07) is 12.8. The van der Waals surface area contributed by atoms with E-state index in [2.05, 4.69) is 4.98 Å². The van der Waals surface area contributed by atoms with E-state index in [0.29, 0.717) is 21.5 Å². The highest BCUT2D eigenvalue weighted by molar-refractivity contribution is 7.80. The molecule has 1 aromatic heterocycles. The van der Waals surface area contributed by atoms with E-state index in [1.807, 2.05) is 30.3 Å². The van der Waals surface area contributed by atoms with Crippen LogP contribution in [-0.4, -0.2) is 9.97 Å². The topological polar surface area (TPSA) is 52.0 Å². The number of oxazole rings is 1. The van der Waals surface area contributed by atoms with Crippen molar-refractivity contribution in [2.45, 2.75) is 0 Å². The number of rotatable bonds is 2. The molecule has 0 aliphatic rings. The van der Waals surface area contributed by atoms with E-state index in [4.69, 9.17) is 34.0 Å². The van der Waals surface area contributed by atoms with E-state index in [-0.39, 0.29) is 0 Å². The first-order valence-electron chi connectivity index (χ1n) is 5.60. The van der Waals surface area contributed by atoms with Crippen LogP contribution in [-0.2, 0) is 0 Å². The molecule has 19 heavy (non-hydrogen) atoms. The third-order valence-corrected chi connectivity index (χ3v) is 3.25. The predicted octanol–water partition coefficient (Wildman–Crippen LogP) is 3.78. The molecule has 0 fully saturated rings. The molecule has 2 N–H and O–H groups in total. The van der Waals surface area contributed by atoms with Gasteiger partial charge in [0.2, 0.25) is 5.89 Å². The van der Waals surface area contributed by atoms with Crippen LogP contribution in [0, 0.1) is 0 Å². The van der Waals surface area contributed by atoms with Crippen LogP contribution in [0.2, 0.25) is 5.02 Å². The Labute approximate surface area is 120 Å². The van der Waals surface area contributed by atoms with Gasteiger partial charge >= 0.3 is 0 Å².